The summed E-state index contributed by atoms with van der Waals surface area (Å²) < 4.78 is 29.1. The summed E-state index contributed by atoms with van der Waals surface area (Å²) in [4.78, 5) is 23.9. The number of esters is 1. The topological polar surface area (TPSA) is 89.5 Å². The van der Waals surface area contributed by atoms with E-state index in [9.17, 15) is 18.0 Å². The molecule has 138 valence electrons. The average Bonchev–Trinajstić information content (AvgIpc) is 2.65. The van der Waals surface area contributed by atoms with E-state index in [1.54, 1.807) is 6.07 Å². The fraction of sp³-hybridized carbons (Fsp3) is 0.263. The Bertz CT molecular complexity index is 888. The van der Waals surface area contributed by atoms with Gasteiger partial charge in [-0.15, -0.1) is 0 Å². The van der Waals surface area contributed by atoms with Crippen LogP contribution in [-0.4, -0.2) is 32.7 Å². The lowest BCUT2D eigenvalue weighted by Crippen LogP contribution is -2.28. The maximum atomic E-state index is 12.2. The van der Waals surface area contributed by atoms with E-state index < -0.39 is 28.3 Å². The number of benzene rings is 2. The van der Waals surface area contributed by atoms with Gasteiger partial charge < -0.3 is 10.1 Å². The Labute approximate surface area is 153 Å². The molecule has 0 aliphatic heterocycles. The second kappa shape index (κ2) is 8.62. The van der Waals surface area contributed by atoms with Crippen molar-refractivity contribution in [2.24, 2.45) is 0 Å². The Kier molecular flexibility index (Phi) is 6.52. The molecule has 6 nitrogen and oxygen atoms in total. The van der Waals surface area contributed by atoms with Crippen LogP contribution in [-0.2, 0) is 25.9 Å². The molecule has 7 heteroatoms. The van der Waals surface area contributed by atoms with Crippen molar-refractivity contribution in [3.8, 4) is 0 Å². The summed E-state index contributed by atoms with van der Waals surface area (Å²) in [6.07, 6.45) is 0. The van der Waals surface area contributed by atoms with Gasteiger partial charge in [-0.2, -0.15) is 0 Å². The molecule has 0 heterocycles. The fourth-order valence-electron chi connectivity index (χ4n) is 2.23. The first-order valence-corrected chi connectivity index (χ1v) is 9.80. The van der Waals surface area contributed by atoms with Crippen LogP contribution in [0.15, 0.2) is 53.4 Å². The Morgan fingerprint density at radius 2 is 1.69 bits per heavy atom. The number of rotatable bonds is 7. The molecule has 0 radical (unpaired) electrons. The largest absolute Gasteiger partial charge is 0.452 e. The molecule has 0 aromatic heterocycles. The van der Waals surface area contributed by atoms with Crippen LogP contribution in [0.1, 0.15) is 28.4 Å². The summed E-state index contributed by atoms with van der Waals surface area (Å²) in [5.41, 5.74) is 1.98. The highest BCUT2D eigenvalue weighted by Gasteiger charge is 2.22. The number of carbonyl (C=O) groups excluding carboxylic acids is 2. The molecular weight excluding hydrogens is 354 g/mol. The molecule has 0 atom stereocenters. The lowest BCUT2D eigenvalue weighted by molar-refractivity contribution is -0.124. The minimum atomic E-state index is -3.56. The molecule has 1 N–H and O–H groups in total. The van der Waals surface area contributed by atoms with Crippen LogP contribution in [0.3, 0.4) is 0 Å². The first-order valence-electron chi connectivity index (χ1n) is 8.14. The Morgan fingerprint density at radius 1 is 1.04 bits per heavy atom. The van der Waals surface area contributed by atoms with Gasteiger partial charge in [0.2, 0.25) is 0 Å². The molecule has 0 unspecified atom stereocenters. The zero-order chi connectivity index (χ0) is 19.2. The normalized spacial score (nSPS) is 11.0. The van der Waals surface area contributed by atoms with Gasteiger partial charge in [0.1, 0.15) is 0 Å². The highest BCUT2D eigenvalue weighted by atomic mass is 32.2. The summed E-state index contributed by atoms with van der Waals surface area (Å²) >= 11 is 0. The van der Waals surface area contributed by atoms with Crippen LogP contribution >= 0.6 is 0 Å². The molecule has 26 heavy (non-hydrogen) atoms. The van der Waals surface area contributed by atoms with E-state index in [-0.39, 0.29) is 16.2 Å². The van der Waals surface area contributed by atoms with Gasteiger partial charge in [-0.05, 0) is 24.6 Å². The number of carbonyl (C=O) groups is 2. The van der Waals surface area contributed by atoms with Crippen molar-refractivity contribution in [2.45, 2.75) is 25.3 Å². The quantitative estimate of drug-likeness (QED) is 0.750. The monoisotopic (exact) mass is 375 g/mol. The van der Waals surface area contributed by atoms with Gasteiger partial charge in [0.05, 0.1) is 16.2 Å². The third-order valence-corrected chi connectivity index (χ3v) is 5.55. The maximum Gasteiger partial charge on any atom is 0.339 e. The summed E-state index contributed by atoms with van der Waals surface area (Å²) in [6, 6.07) is 13.5. The molecule has 0 spiro atoms. The van der Waals surface area contributed by atoms with E-state index in [1.807, 2.05) is 31.2 Å². The minimum Gasteiger partial charge on any atom is -0.452 e. The second-order valence-electron chi connectivity index (χ2n) is 5.74. The summed E-state index contributed by atoms with van der Waals surface area (Å²) in [5.74, 6) is -1.44. The highest BCUT2D eigenvalue weighted by molar-refractivity contribution is 7.91. The van der Waals surface area contributed by atoms with Crippen molar-refractivity contribution >= 4 is 21.7 Å². The molecule has 2 aromatic carbocycles. The van der Waals surface area contributed by atoms with Crippen LogP contribution in [0.5, 0.6) is 0 Å². The van der Waals surface area contributed by atoms with E-state index in [4.69, 9.17) is 4.74 Å². The van der Waals surface area contributed by atoms with Gasteiger partial charge in [0.15, 0.2) is 16.4 Å². The zero-order valence-corrected chi connectivity index (χ0v) is 15.5. The molecule has 0 bridgehead atoms. The van der Waals surface area contributed by atoms with E-state index >= 15 is 0 Å². The molecule has 0 fully saturated rings. The number of hydrogen-bond acceptors (Lipinski definition) is 5. The van der Waals surface area contributed by atoms with Crippen molar-refractivity contribution in [3.63, 3.8) is 0 Å². The van der Waals surface area contributed by atoms with E-state index in [1.165, 1.54) is 25.1 Å². The Hall–Kier alpha value is -2.67. The average molecular weight is 375 g/mol. The van der Waals surface area contributed by atoms with Crippen LogP contribution in [0.25, 0.3) is 0 Å². The second-order valence-corrected chi connectivity index (χ2v) is 7.98. The number of sulfone groups is 1. The SMILES string of the molecule is CCS(=O)(=O)c1ccccc1C(=O)OCC(=O)NCc1ccc(C)cc1. The van der Waals surface area contributed by atoms with Gasteiger partial charge in [-0.1, -0.05) is 48.9 Å². The maximum absolute atomic E-state index is 12.2. The van der Waals surface area contributed by atoms with Crippen molar-refractivity contribution in [2.75, 3.05) is 12.4 Å². The fourth-order valence-corrected chi connectivity index (χ4v) is 3.31. The molecule has 0 saturated carbocycles. The standard InChI is InChI=1S/C19H21NO5S/c1-3-26(23,24)17-7-5-4-6-16(17)19(22)25-13-18(21)20-12-15-10-8-14(2)9-11-15/h4-11H,3,12-13H2,1-2H3,(H,20,21). The van der Waals surface area contributed by atoms with Gasteiger partial charge in [-0.3, -0.25) is 4.79 Å². The lowest BCUT2D eigenvalue weighted by Gasteiger charge is -2.10. The van der Waals surface area contributed by atoms with Crippen LogP contribution in [0.4, 0.5) is 0 Å². The smallest absolute Gasteiger partial charge is 0.339 e. The van der Waals surface area contributed by atoms with Gasteiger partial charge in [0.25, 0.3) is 5.91 Å². The first-order chi connectivity index (χ1) is 12.3. The summed E-state index contributed by atoms with van der Waals surface area (Å²) in [6.45, 7) is 3.30. The number of amides is 1. The predicted molar refractivity (Wildman–Crippen MR) is 97.5 cm³/mol. The molecular formula is C19H21NO5S. The van der Waals surface area contributed by atoms with Crippen molar-refractivity contribution in [3.05, 3.63) is 65.2 Å². The van der Waals surface area contributed by atoms with E-state index in [0.29, 0.717) is 6.54 Å². The van der Waals surface area contributed by atoms with E-state index in [2.05, 4.69) is 5.32 Å². The molecule has 0 aliphatic rings. The molecule has 1 amide bonds. The van der Waals surface area contributed by atoms with Crippen LogP contribution in [0.2, 0.25) is 0 Å². The minimum absolute atomic E-state index is 0.0688. The van der Waals surface area contributed by atoms with Crippen molar-refractivity contribution in [1.82, 2.24) is 5.32 Å². The number of ether oxygens (including phenoxy) is 1. The van der Waals surface area contributed by atoms with E-state index in [0.717, 1.165) is 11.1 Å². The predicted octanol–water partition coefficient (Wildman–Crippen LogP) is 2.26. The van der Waals surface area contributed by atoms with Crippen LogP contribution in [0, 0.1) is 6.92 Å². The highest BCUT2D eigenvalue weighted by Crippen LogP contribution is 2.18. The van der Waals surface area contributed by atoms with Crippen LogP contribution < -0.4 is 5.32 Å². The van der Waals surface area contributed by atoms with Gasteiger partial charge in [-0.25, -0.2) is 13.2 Å². The summed E-state index contributed by atoms with van der Waals surface area (Å²) in [5, 5.41) is 2.65. The molecule has 2 aromatic rings. The lowest BCUT2D eigenvalue weighted by atomic mass is 10.1. The van der Waals surface area contributed by atoms with Gasteiger partial charge >= 0.3 is 5.97 Å². The number of aryl methyl sites for hydroxylation is 1. The number of nitrogens with one attached hydrogen (secondary N) is 1. The molecule has 2 rings (SSSR count). The molecule has 0 aliphatic carbocycles. The third-order valence-electron chi connectivity index (χ3n) is 3.77. The molecule has 0 saturated heterocycles. The zero-order valence-electron chi connectivity index (χ0n) is 14.7. The number of hydrogen-bond donors (Lipinski definition) is 1. The Balaban J connectivity index is 1.94. The Morgan fingerprint density at radius 3 is 2.35 bits per heavy atom. The van der Waals surface area contributed by atoms with Gasteiger partial charge in [0, 0.05) is 6.54 Å². The summed E-state index contributed by atoms with van der Waals surface area (Å²) in [7, 11) is -3.56. The third kappa shape index (κ3) is 5.16. The first kappa shape index (κ1) is 19.7. The van der Waals surface area contributed by atoms with Crippen molar-refractivity contribution in [1.29, 1.82) is 0 Å². The van der Waals surface area contributed by atoms with Crippen molar-refractivity contribution < 1.29 is 22.7 Å².